The number of para-hydroxylation sites is 1. The quantitative estimate of drug-likeness (QED) is 0.541. The maximum absolute atomic E-state index is 6.06. The summed E-state index contributed by atoms with van der Waals surface area (Å²) >= 11 is 13.7. The van der Waals surface area contributed by atoms with Crippen molar-refractivity contribution in [2.24, 2.45) is 5.10 Å². The van der Waals surface area contributed by atoms with Crippen LogP contribution in [0.3, 0.4) is 0 Å². The van der Waals surface area contributed by atoms with E-state index in [9.17, 15) is 0 Å². The van der Waals surface area contributed by atoms with Crippen molar-refractivity contribution in [3.05, 3.63) is 58.1 Å². The second-order valence-corrected chi connectivity index (χ2v) is 5.84. The summed E-state index contributed by atoms with van der Waals surface area (Å²) in [7, 11) is 0. The largest absolute Gasteiger partial charge is 0.253 e. The predicted octanol–water partition coefficient (Wildman–Crippen LogP) is 5.05. The number of hydrogen-bond donors (Lipinski definition) is 1. The monoisotopic (exact) mass is 321 g/mol. The van der Waals surface area contributed by atoms with Crippen LogP contribution in [0.2, 0.25) is 10.0 Å². The van der Waals surface area contributed by atoms with Gasteiger partial charge in [0.2, 0.25) is 5.13 Å². The Kier molecular flexibility index (Phi) is 3.87. The first kappa shape index (κ1) is 13.4. The lowest BCUT2D eigenvalue weighted by atomic mass is 10.2. The molecule has 2 aromatic carbocycles. The highest BCUT2D eigenvalue weighted by Gasteiger charge is 2.03. The average molecular weight is 322 g/mol. The lowest BCUT2D eigenvalue weighted by Crippen LogP contribution is -1.91. The minimum atomic E-state index is 0.562. The lowest BCUT2D eigenvalue weighted by Gasteiger charge is -2.00. The van der Waals surface area contributed by atoms with Gasteiger partial charge in [0.15, 0.2) is 0 Å². The molecule has 3 rings (SSSR count). The van der Waals surface area contributed by atoms with Crippen LogP contribution in [0.5, 0.6) is 0 Å². The van der Waals surface area contributed by atoms with Crippen LogP contribution in [0.4, 0.5) is 5.13 Å². The molecule has 100 valence electrons. The molecule has 20 heavy (non-hydrogen) atoms. The fourth-order valence-corrected chi connectivity index (χ4v) is 3.02. The van der Waals surface area contributed by atoms with Crippen molar-refractivity contribution in [1.82, 2.24) is 4.98 Å². The second kappa shape index (κ2) is 5.79. The molecule has 0 spiro atoms. The Morgan fingerprint density at radius 1 is 1.05 bits per heavy atom. The number of anilines is 1. The third-order valence-corrected chi connectivity index (χ3v) is 4.25. The first-order valence-electron chi connectivity index (χ1n) is 5.83. The Labute approximate surface area is 129 Å². The Balaban J connectivity index is 1.80. The number of thiazole rings is 1. The first-order chi connectivity index (χ1) is 9.74. The molecule has 1 aromatic heterocycles. The molecule has 0 unspecified atom stereocenters. The molecule has 0 aliphatic heterocycles. The molecule has 1 heterocycles. The topological polar surface area (TPSA) is 37.3 Å². The number of aromatic nitrogens is 1. The number of fused-ring (bicyclic) bond motifs is 1. The molecule has 3 nitrogen and oxygen atoms in total. The Morgan fingerprint density at radius 2 is 1.80 bits per heavy atom. The van der Waals surface area contributed by atoms with E-state index in [4.69, 9.17) is 23.2 Å². The van der Waals surface area contributed by atoms with Crippen LogP contribution in [0.15, 0.2) is 47.6 Å². The highest BCUT2D eigenvalue weighted by molar-refractivity contribution is 7.22. The van der Waals surface area contributed by atoms with Crippen molar-refractivity contribution in [2.75, 3.05) is 5.43 Å². The van der Waals surface area contributed by atoms with Crippen LogP contribution in [-0.2, 0) is 0 Å². The van der Waals surface area contributed by atoms with Crippen LogP contribution in [0, 0.1) is 0 Å². The normalized spacial score (nSPS) is 11.3. The number of nitrogens with zero attached hydrogens (tertiary/aromatic N) is 2. The third kappa shape index (κ3) is 2.77. The van der Waals surface area contributed by atoms with E-state index < -0.39 is 0 Å². The summed E-state index contributed by atoms with van der Waals surface area (Å²) in [5.41, 5.74) is 4.53. The minimum absolute atomic E-state index is 0.562. The van der Waals surface area contributed by atoms with Gasteiger partial charge in [0.25, 0.3) is 0 Å². The van der Waals surface area contributed by atoms with E-state index in [0.717, 1.165) is 15.3 Å². The van der Waals surface area contributed by atoms with Crippen molar-refractivity contribution in [2.45, 2.75) is 0 Å². The van der Waals surface area contributed by atoms with Gasteiger partial charge in [-0.15, -0.1) is 0 Å². The molecule has 1 N–H and O–H groups in total. The van der Waals surface area contributed by atoms with Crippen molar-refractivity contribution >= 4 is 56.1 Å². The maximum atomic E-state index is 6.06. The van der Waals surface area contributed by atoms with Crippen molar-refractivity contribution in [3.8, 4) is 0 Å². The number of rotatable bonds is 3. The lowest BCUT2D eigenvalue weighted by molar-refractivity contribution is 1.31. The summed E-state index contributed by atoms with van der Waals surface area (Å²) in [5, 5.41) is 5.98. The van der Waals surface area contributed by atoms with E-state index in [1.54, 1.807) is 24.4 Å². The third-order valence-electron chi connectivity index (χ3n) is 2.65. The van der Waals surface area contributed by atoms with Gasteiger partial charge in [-0.05, 0) is 24.3 Å². The van der Waals surface area contributed by atoms with Crippen LogP contribution in [0.1, 0.15) is 5.56 Å². The van der Waals surface area contributed by atoms with Gasteiger partial charge in [-0.3, -0.25) is 5.43 Å². The van der Waals surface area contributed by atoms with E-state index in [2.05, 4.69) is 15.5 Å². The predicted molar refractivity (Wildman–Crippen MR) is 87.3 cm³/mol. The van der Waals surface area contributed by atoms with Crippen molar-refractivity contribution in [3.63, 3.8) is 0 Å². The van der Waals surface area contributed by atoms with E-state index >= 15 is 0 Å². The zero-order valence-electron chi connectivity index (χ0n) is 10.2. The number of nitrogens with one attached hydrogen (secondary N) is 1. The summed E-state index contributed by atoms with van der Waals surface area (Å²) in [6, 6.07) is 13.3. The zero-order chi connectivity index (χ0) is 13.9. The molecule has 0 radical (unpaired) electrons. The first-order valence-corrected chi connectivity index (χ1v) is 7.40. The number of benzene rings is 2. The Hall–Kier alpha value is -1.62. The van der Waals surface area contributed by atoms with Gasteiger partial charge in [-0.2, -0.15) is 5.10 Å². The molecule has 0 amide bonds. The zero-order valence-corrected chi connectivity index (χ0v) is 12.5. The smallest absolute Gasteiger partial charge is 0.204 e. The highest BCUT2D eigenvalue weighted by atomic mass is 35.5. The summed E-state index contributed by atoms with van der Waals surface area (Å²) < 4.78 is 1.11. The molecule has 0 saturated carbocycles. The second-order valence-electron chi connectivity index (χ2n) is 3.99. The van der Waals surface area contributed by atoms with Crippen LogP contribution >= 0.6 is 34.5 Å². The van der Waals surface area contributed by atoms with Gasteiger partial charge in [0.1, 0.15) is 0 Å². The Bertz CT molecular complexity index is 730. The maximum Gasteiger partial charge on any atom is 0.204 e. The molecular weight excluding hydrogens is 313 g/mol. The molecule has 0 aliphatic rings. The molecule has 0 aliphatic carbocycles. The van der Waals surface area contributed by atoms with Crippen LogP contribution in [-0.4, -0.2) is 11.2 Å². The Morgan fingerprint density at radius 3 is 2.55 bits per heavy atom. The van der Waals surface area contributed by atoms with Crippen LogP contribution < -0.4 is 5.43 Å². The van der Waals surface area contributed by atoms with Gasteiger partial charge in [-0.1, -0.05) is 52.7 Å². The highest BCUT2D eigenvalue weighted by Crippen LogP contribution is 2.26. The molecule has 6 heteroatoms. The molecule has 0 fully saturated rings. The fraction of sp³-hybridized carbons (Fsp3) is 0. The summed E-state index contributed by atoms with van der Waals surface area (Å²) in [6.07, 6.45) is 1.59. The van der Waals surface area contributed by atoms with Gasteiger partial charge in [0.05, 0.1) is 26.5 Å². The van der Waals surface area contributed by atoms with Crippen molar-refractivity contribution < 1.29 is 0 Å². The van der Waals surface area contributed by atoms with E-state index in [0.29, 0.717) is 15.6 Å². The van der Waals surface area contributed by atoms with Gasteiger partial charge >= 0.3 is 0 Å². The number of halogens is 2. The summed E-state index contributed by atoms with van der Waals surface area (Å²) in [5.74, 6) is 0. The van der Waals surface area contributed by atoms with Crippen LogP contribution in [0.25, 0.3) is 10.2 Å². The van der Waals surface area contributed by atoms with E-state index in [-0.39, 0.29) is 0 Å². The molecule has 0 saturated heterocycles. The number of hydrazone groups is 1. The summed E-state index contributed by atoms with van der Waals surface area (Å²) in [6.45, 7) is 0. The van der Waals surface area contributed by atoms with Gasteiger partial charge in [0, 0.05) is 5.56 Å². The minimum Gasteiger partial charge on any atom is -0.253 e. The average Bonchev–Trinajstić information content (AvgIpc) is 2.84. The SMILES string of the molecule is Clc1cccc(Cl)c1C=NNc1nc2ccccc2s1. The summed E-state index contributed by atoms with van der Waals surface area (Å²) in [4.78, 5) is 4.42. The number of hydrogen-bond acceptors (Lipinski definition) is 4. The van der Waals surface area contributed by atoms with Gasteiger partial charge < -0.3 is 0 Å². The fourth-order valence-electron chi connectivity index (χ4n) is 1.71. The molecule has 0 atom stereocenters. The van der Waals surface area contributed by atoms with E-state index in [1.165, 1.54) is 11.3 Å². The van der Waals surface area contributed by atoms with Crippen molar-refractivity contribution in [1.29, 1.82) is 0 Å². The molecule has 3 aromatic rings. The standard InChI is InChI=1S/C14H9Cl2N3S/c15-10-4-3-5-11(16)9(10)8-17-19-14-18-12-6-1-2-7-13(12)20-14/h1-8H,(H,18,19). The van der Waals surface area contributed by atoms with E-state index in [1.807, 2.05) is 24.3 Å². The molecular formula is C14H9Cl2N3S. The molecule has 0 bridgehead atoms. The van der Waals surface area contributed by atoms with Gasteiger partial charge in [-0.25, -0.2) is 4.98 Å².